The molecule has 1 aromatic carbocycles. The van der Waals surface area contributed by atoms with E-state index in [1.165, 1.54) is 0 Å². The van der Waals surface area contributed by atoms with Crippen LogP contribution in [0.25, 0.3) is 0 Å². The fourth-order valence-electron chi connectivity index (χ4n) is 2.54. The first kappa shape index (κ1) is 13.4. The molecule has 1 fully saturated rings. The molecule has 2 heterocycles. The summed E-state index contributed by atoms with van der Waals surface area (Å²) in [6.07, 6.45) is 1.22. The van der Waals surface area contributed by atoms with Gasteiger partial charge in [0.2, 0.25) is 6.79 Å². The van der Waals surface area contributed by atoms with E-state index in [0.717, 1.165) is 19.5 Å². The van der Waals surface area contributed by atoms with Crippen LogP contribution in [0.15, 0.2) is 18.2 Å². The summed E-state index contributed by atoms with van der Waals surface area (Å²) in [5.41, 5.74) is 0.675. The Bertz CT molecular complexity index is 503. The molecule has 0 spiro atoms. The van der Waals surface area contributed by atoms with Crippen LogP contribution in [0.1, 0.15) is 23.7 Å². The van der Waals surface area contributed by atoms with Gasteiger partial charge in [-0.05, 0) is 24.6 Å². The van der Waals surface area contributed by atoms with Crippen molar-refractivity contribution in [3.8, 4) is 11.5 Å². The maximum absolute atomic E-state index is 12.3. The largest absolute Gasteiger partial charge is 0.454 e. The Kier molecular flexibility index (Phi) is 3.89. The third-order valence-corrected chi connectivity index (χ3v) is 3.74. The Morgan fingerprint density at radius 3 is 3.05 bits per heavy atom. The number of fused-ring (bicyclic) bond motifs is 1. The molecule has 108 valence electrons. The van der Waals surface area contributed by atoms with Gasteiger partial charge in [-0.25, -0.2) is 0 Å². The van der Waals surface area contributed by atoms with Gasteiger partial charge >= 0.3 is 0 Å². The van der Waals surface area contributed by atoms with E-state index in [4.69, 9.17) is 14.2 Å². The van der Waals surface area contributed by atoms with Gasteiger partial charge in [-0.1, -0.05) is 6.92 Å². The van der Waals surface area contributed by atoms with Crippen LogP contribution in [0.5, 0.6) is 11.5 Å². The number of hydrogen-bond acceptors (Lipinski definition) is 5. The topological polar surface area (TPSA) is 48.0 Å². The van der Waals surface area contributed by atoms with Gasteiger partial charge in [-0.2, -0.15) is 0 Å². The fourth-order valence-corrected chi connectivity index (χ4v) is 2.54. The summed E-state index contributed by atoms with van der Waals surface area (Å²) < 4.78 is 16.2. The molecule has 0 aromatic heterocycles. The van der Waals surface area contributed by atoms with E-state index in [0.29, 0.717) is 30.2 Å². The van der Waals surface area contributed by atoms with Crippen molar-refractivity contribution in [2.24, 2.45) is 0 Å². The Balaban J connectivity index is 1.64. The lowest BCUT2D eigenvalue weighted by atomic mass is 10.1. The molecular formula is C15H19NO4. The molecule has 1 unspecified atom stereocenters. The zero-order chi connectivity index (χ0) is 13.9. The van der Waals surface area contributed by atoms with Crippen LogP contribution >= 0.6 is 0 Å². The van der Waals surface area contributed by atoms with Gasteiger partial charge in [0, 0.05) is 18.7 Å². The zero-order valence-electron chi connectivity index (χ0n) is 11.6. The van der Waals surface area contributed by atoms with E-state index in [1.807, 2.05) is 0 Å². The van der Waals surface area contributed by atoms with Gasteiger partial charge in [-0.15, -0.1) is 0 Å². The van der Waals surface area contributed by atoms with Crippen LogP contribution in [0.3, 0.4) is 0 Å². The molecule has 0 radical (unpaired) electrons. The van der Waals surface area contributed by atoms with E-state index in [2.05, 4.69) is 11.8 Å². The molecular weight excluding hydrogens is 258 g/mol. The van der Waals surface area contributed by atoms with Gasteiger partial charge in [0.25, 0.3) is 0 Å². The predicted octanol–water partition coefficient (Wildman–Crippen LogP) is 1.71. The lowest BCUT2D eigenvalue weighted by Gasteiger charge is -2.31. The molecule has 0 aliphatic carbocycles. The molecule has 5 heteroatoms. The fraction of sp³-hybridized carbons (Fsp3) is 0.533. The van der Waals surface area contributed by atoms with Crippen LogP contribution in [-0.2, 0) is 4.74 Å². The predicted molar refractivity (Wildman–Crippen MR) is 73.4 cm³/mol. The number of rotatable bonds is 4. The van der Waals surface area contributed by atoms with E-state index in [-0.39, 0.29) is 18.7 Å². The average molecular weight is 277 g/mol. The minimum atomic E-state index is 0.111. The smallest absolute Gasteiger partial charge is 0.231 e. The summed E-state index contributed by atoms with van der Waals surface area (Å²) in [5.74, 6) is 1.48. The number of ether oxygens (including phenoxy) is 3. The standard InChI is InChI=1S/C15H19NO4/c1-2-12-8-16(5-6-18-12)9-13(17)11-3-4-14-15(7-11)20-10-19-14/h3-4,7,12H,2,5-6,8-10H2,1H3. The van der Waals surface area contributed by atoms with Gasteiger partial charge in [-0.3, -0.25) is 9.69 Å². The quantitative estimate of drug-likeness (QED) is 0.784. The SMILES string of the molecule is CCC1CN(CC(=O)c2ccc3c(c2)OCO3)CCO1. The maximum atomic E-state index is 12.3. The molecule has 2 aliphatic rings. The number of carbonyl (C=O) groups excluding carboxylic acids is 1. The number of benzene rings is 1. The van der Waals surface area contributed by atoms with Crippen LogP contribution in [-0.4, -0.2) is 49.8 Å². The molecule has 20 heavy (non-hydrogen) atoms. The molecule has 0 bridgehead atoms. The molecule has 3 rings (SSSR count). The second-order valence-electron chi connectivity index (χ2n) is 5.13. The molecule has 1 aromatic rings. The van der Waals surface area contributed by atoms with Gasteiger partial charge < -0.3 is 14.2 Å². The van der Waals surface area contributed by atoms with E-state index in [1.54, 1.807) is 18.2 Å². The molecule has 1 atom stereocenters. The highest BCUT2D eigenvalue weighted by molar-refractivity contribution is 5.98. The molecule has 1 saturated heterocycles. The van der Waals surface area contributed by atoms with Gasteiger partial charge in [0.1, 0.15) is 0 Å². The van der Waals surface area contributed by atoms with E-state index in [9.17, 15) is 4.79 Å². The second-order valence-corrected chi connectivity index (χ2v) is 5.13. The van der Waals surface area contributed by atoms with E-state index >= 15 is 0 Å². The number of hydrogen-bond donors (Lipinski definition) is 0. The highest BCUT2D eigenvalue weighted by atomic mass is 16.7. The highest BCUT2D eigenvalue weighted by Gasteiger charge is 2.22. The van der Waals surface area contributed by atoms with Crippen molar-refractivity contribution in [3.63, 3.8) is 0 Å². The molecule has 0 saturated carbocycles. The van der Waals surface area contributed by atoms with Crippen molar-refractivity contribution in [2.45, 2.75) is 19.4 Å². The number of carbonyl (C=O) groups is 1. The Morgan fingerprint density at radius 1 is 1.35 bits per heavy atom. The van der Waals surface area contributed by atoms with Crippen molar-refractivity contribution in [1.82, 2.24) is 4.90 Å². The van der Waals surface area contributed by atoms with Crippen molar-refractivity contribution in [3.05, 3.63) is 23.8 Å². The summed E-state index contributed by atoms with van der Waals surface area (Å²) in [4.78, 5) is 14.5. The van der Waals surface area contributed by atoms with Crippen LogP contribution < -0.4 is 9.47 Å². The van der Waals surface area contributed by atoms with Crippen molar-refractivity contribution >= 4 is 5.78 Å². The number of Topliss-reactive ketones (excluding diaryl/α,β-unsaturated/α-hetero) is 1. The van der Waals surface area contributed by atoms with E-state index < -0.39 is 0 Å². The first-order valence-corrected chi connectivity index (χ1v) is 7.03. The number of ketones is 1. The lowest BCUT2D eigenvalue weighted by Crippen LogP contribution is -2.44. The third-order valence-electron chi connectivity index (χ3n) is 3.74. The molecule has 0 N–H and O–H groups in total. The van der Waals surface area contributed by atoms with Crippen molar-refractivity contribution in [1.29, 1.82) is 0 Å². The number of morpholine rings is 1. The summed E-state index contributed by atoms with van der Waals surface area (Å²) in [6.45, 7) is 5.11. The minimum absolute atomic E-state index is 0.111. The van der Waals surface area contributed by atoms with Crippen molar-refractivity contribution in [2.75, 3.05) is 33.0 Å². The molecule has 5 nitrogen and oxygen atoms in total. The van der Waals surface area contributed by atoms with Crippen LogP contribution in [0.4, 0.5) is 0 Å². The Hall–Kier alpha value is -1.59. The van der Waals surface area contributed by atoms with Crippen LogP contribution in [0, 0.1) is 0 Å². The first-order chi connectivity index (χ1) is 9.76. The molecule has 2 aliphatic heterocycles. The minimum Gasteiger partial charge on any atom is -0.454 e. The number of nitrogens with zero attached hydrogens (tertiary/aromatic N) is 1. The lowest BCUT2D eigenvalue weighted by molar-refractivity contribution is -0.0271. The second kappa shape index (κ2) is 5.81. The summed E-state index contributed by atoms with van der Waals surface area (Å²) >= 11 is 0. The Labute approximate surface area is 118 Å². The highest BCUT2D eigenvalue weighted by Crippen LogP contribution is 2.32. The zero-order valence-corrected chi connectivity index (χ0v) is 11.6. The Morgan fingerprint density at radius 2 is 2.20 bits per heavy atom. The molecule has 0 amide bonds. The maximum Gasteiger partial charge on any atom is 0.231 e. The van der Waals surface area contributed by atoms with Gasteiger partial charge in [0.05, 0.1) is 19.3 Å². The summed E-state index contributed by atoms with van der Waals surface area (Å²) in [5, 5.41) is 0. The average Bonchev–Trinajstić information content (AvgIpc) is 2.94. The van der Waals surface area contributed by atoms with Crippen molar-refractivity contribution < 1.29 is 19.0 Å². The normalized spacial score (nSPS) is 21.9. The van der Waals surface area contributed by atoms with Gasteiger partial charge in [0.15, 0.2) is 17.3 Å². The third kappa shape index (κ3) is 2.78. The summed E-state index contributed by atoms with van der Waals surface area (Å²) in [6, 6.07) is 5.36. The monoisotopic (exact) mass is 277 g/mol. The first-order valence-electron chi connectivity index (χ1n) is 7.03. The summed E-state index contributed by atoms with van der Waals surface area (Å²) in [7, 11) is 0. The van der Waals surface area contributed by atoms with Crippen LogP contribution in [0.2, 0.25) is 0 Å².